The van der Waals surface area contributed by atoms with Crippen LogP contribution in [0.4, 0.5) is 25.0 Å². The fourth-order valence-corrected chi connectivity index (χ4v) is 9.60. The number of nitrogens with one attached hydrogen (secondary N) is 5. The highest BCUT2D eigenvalue weighted by Crippen LogP contribution is 2.34. The van der Waals surface area contributed by atoms with Crippen LogP contribution in [0.25, 0.3) is 11.4 Å². The minimum Gasteiger partial charge on any atom is -0.444 e. The van der Waals surface area contributed by atoms with Crippen LogP contribution in [0.2, 0.25) is 0 Å². The van der Waals surface area contributed by atoms with Crippen LogP contribution in [0.15, 0.2) is 146 Å². The minimum atomic E-state index is -0.603. The Morgan fingerprint density at radius 2 is 1.01 bits per heavy atom. The molecule has 2 heterocycles. The lowest BCUT2D eigenvalue weighted by Gasteiger charge is -2.21. The van der Waals surface area contributed by atoms with Gasteiger partial charge in [0.25, 0.3) is 11.8 Å². The van der Waals surface area contributed by atoms with Gasteiger partial charge in [-0.25, -0.2) is 22.9 Å². The summed E-state index contributed by atoms with van der Waals surface area (Å²) in [6, 6.07) is 44.4. The molecule has 428 valence electrons. The van der Waals surface area contributed by atoms with Crippen LogP contribution in [0.5, 0.6) is 0 Å². The number of carbonyl (C=O) groups is 3. The number of nitrogens with two attached hydrogens (primary N) is 1. The predicted octanol–water partition coefficient (Wildman–Crippen LogP) is 12.8. The summed E-state index contributed by atoms with van der Waals surface area (Å²) in [5.74, 6) is -0.587. The van der Waals surface area contributed by atoms with Gasteiger partial charge in [0.15, 0.2) is 0 Å². The Balaban J connectivity index is 0.000000215. The second-order valence-corrected chi connectivity index (χ2v) is 22.3. The number of carbonyl (C=O) groups excluding carboxylic acids is 3. The summed E-state index contributed by atoms with van der Waals surface area (Å²) in [7, 11) is 0. The molecule has 0 bridgehead atoms. The molecule has 6 aromatic carbocycles. The van der Waals surface area contributed by atoms with E-state index >= 15 is 4.39 Å². The molecule has 0 spiro atoms. The van der Waals surface area contributed by atoms with Crippen LogP contribution in [0, 0.1) is 51.2 Å². The number of aromatic nitrogens is 4. The zero-order chi connectivity index (χ0) is 57.4. The maximum Gasteiger partial charge on any atom is 0.407 e. The zero-order valence-electron chi connectivity index (χ0n) is 47.5. The maximum atomic E-state index is 15.1. The van der Waals surface area contributed by atoms with E-state index in [0.29, 0.717) is 41.1 Å². The van der Waals surface area contributed by atoms with Gasteiger partial charge < -0.3 is 37.1 Å². The number of anilines is 2. The number of hydrogen-bond acceptors (Lipinski definition) is 9. The molecule has 7 N–H and O–H groups in total. The second kappa shape index (κ2) is 26.7. The summed E-state index contributed by atoms with van der Waals surface area (Å²) >= 11 is 0. The molecule has 2 atom stereocenters. The third-order valence-electron chi connectivity index (χ3n) is 14.0. The molecule has 0 saturated heterocycles. The maximum absolute atomic E-state index is 15.1. The topological polar surface area (TPSA) is 182 Å². The predicted molar refractivity (Wildman–Crippen MR) is 321 cm³/mol. The first-order chi connectivity index (χ1) is 38.9. The Morgan fingerprint density at radius 3 is 1.44 bits per heavy atom. The van der Waals surface area contributed by atoms with Crippen LogP contribution in [-0.4, -0.2) is 56.2 Å². The van der Waals surface area contributed by atoms with Gasteiger partial charge in [-0.3, -0.25) is 9.59 Å². The summed E-state index contributed by atoms with van der Waals surface area (Å²) in [5.41, 5.74) is 16.6. The number of hydrogen-bond donors (Lipinski definition) is 6. The van der Waals surface area contributed by atoms with Crippen molar-refractivity contribution in [3.05, 3.63) is 225 Å². The van der Waals surface area contributed by atoms with Crippen molar-refractivity contribution in [3.63, 3.8) is 0 Å². The fourth-order valence-electron chi connectivity index (χ4n) is 9.60. The first-order valence-electron chi connectivity index (χ1n) is 27.7. The number of alkyl carbamates (subject to hydrolysis) is 1. The van der Waals surface area contributed by atoms with Gasteiger partial charge in [0.05, 0.1) is 46.2 Å². The van der Waals surface area contributed by atoms with E-state index in [1.165, 1.54) is 42.5 Å². The second-order valence-electron chi connectivity index (χ2n) is 22.3. The molecule has 2 aliphatic rings. The van der Waals surface area contributed by atoms with E-state index in [0.717, 1.165) is 63.3 Å². The third-order valence-corrected chi connectivity index (χ3v) is 14.0. The van der Waals surface area contributed by atoms with E-state index in [-0.39, 0.29) is 48.1 Å². The molecule has 8 aromatic rings. The van der Waals surface area contributed by atoms with Gasteiger partial charge in [-0.15, -0.1) is 12.4 Å². The van der Waals surface area contributed by atoms with Crippen molar-refractivity contribution in [2.45, 2.75) is 105 Å². The fraction of sp³-hybridized carbons (Fsp3) is 0.308. The number of benzene rings is 6. The molecular formula is C65H73ClF2N10O4. The first kappa shape index (κ1) is 60.1. The summed E-state index contributed by atoms with van der Waals surface area (Å²) in [6.45, 7) is 15.5. The zero-order valence-corrected chi connectivity index (χ0v) is 48.3. The van der Waals surface area contributed by atoms with Gasteiger partial charge in [-0.1, -0.05) is 96.1 Å². The number of rotatable bonds is 19. The van der Waals surface area contributed by atoms with E-state index in [1.54, 1.807) is 68.8 Å². The normalized spacial score (nSPS) is 13.7. The van der Waals surface area contributed by atoms with Crippen LogP contribution in [0.3, 0.4) is 0 Å². The van der Waals surface area contributed by atoms with Crippen LogP contribution in [-0.2, 0) is 17.8 Å². The summed E-state index contributed by atoms with van der Waals surface area (Å²) in [6.07, 6.45) is 4.39. The smallest absolute Gasteiger partial charge is 0.407 e. The number of amides is 3. The number of ether oxygens (including phenoxy) is 1. The van der Waals surface area contributed by atoms with E-state index in [2.05, 4.69) is 87.0 Å². The molecule has 0 radical (unpaired) electrons. The summed E-state index contributed by atoms with van der Waals surface area (Å²) in [5, 5.41) is 24.7. The molecule has 0 aliphatic heterocycles. The SMILES string of the molecule is Cc1cccc(C(NCC2CC2)c2ccc(F)c(NC(=O)c3cc(C)nn3-c3cccc(CN)c3)c2)c1.Cc1cccc(C(NCC2CC2)c2ccc(F)c(NC(=O)c3cc(C)nn3-c3cccc(CNC(=O)OC(C)(C)C)c3)c2)c1.Cl. The largest absolute Gasteiger partial charge is 0.444 e. The highest BCUT2D eigenvalue weighted by molar-refractivity contribution is 6.04. The van der Waals surface area contributed by atoms with E-state index in [1.807, 2.05) is 67.6 Å². The monoisotopic (exact) mass is 1130 g/mol. The standard InChI is InChI=1S/C35H40FN5O3.C30H32FN5O.ClH/c1-22-8-6-10-26(16-22)32(37-20-24-12-13-24)27-14-15-29(36)30(19-27)39-33(42)31-17-23(2)40-41(31)28-11-7-9-25(18-28)21-38-34(43)44-35(3,4)5;1-19-5-3-7-23(13-19)29(33-18-21-9-10-21)24-11-12-26(31)27(16-24)34-30(37)28-14-20(2)35-36(28)25-8-4-6-22(15-25)17-32;/h6-11,14-19,24,32,37H,12-13,20-21H2,1-5H3,(H,38,43)(H,39,42);3-8,11-16,21,29,33H,9-10,17-18,32H2,1-2H3,(H,34,37);1H. The first-order valence-corrected chi connectivity index (χ1v) is 27.7. The van der Waals surface area contributed by atoms with Crippen molar-refractivity contribution in [1.29, 1.82) is 0 Å². The average molecular weight is 1130 g/mol. The molecule has 2 aliphatic carbocycles. The molecular weight excluding hydrogens is 1060 g/mol. The molecule has 17 heteroatoms. The van der Waals surface area contributed by atoms with E-state index < -0.39 is 35.1 Å². The number of nitrogens with zero attached hydrogens (tertiary/aromatic N) is 4. The van der Waals surface area contributed by atoms with E-state index in [9.17, 15) is 18.8 Å². The van der Waals surface area contributed by atoms with Gasteiger partial charge in [0.1, 0.15) is 28.6 Å². The van der Waals surface area contributed by atoms with Crippen molar-refractivity contribution in [2.24, 2.45) is 17.6 Å². The lowest BCUT2D eigenvalue weighted by molar-refractivity contribution is 0.0523. The van der Waals surface area contributed by atoms with Crippen molar-refractivity contribution in [2.75, 3.05) is 23.7 Å². The summed E-state index contributed by atoms with van der Waals surface area (Å²) in [4.78, 5) is 39.1. The Kier molecular flexibility index (Phi) is 19.6. The highest BCUT2D eigenvalue weighted by Gasteiger charge is 2.27. The third kappa shape index (κ3) is 16.1. The number of halogens is 3. The van der Waals surface area contributed by atoms with Crippen LogP contribution >= 0.6 is 12.4 Å². The molecule has 10 rings (SSSR count). The van der Waals surface area contributed by atoms with Gasteiger partial charge >= 0.3 is 6.09 Å². The number of aryl methyl sites for hydroxylation is 4. The van der Waals surface area contributed by atoms with E-state index in [4.69, 9.17) is 10.5 Å². The lowest BCUT2D eigenvalue weighted by atomic mass is 9.96. The molecule has 14 nitrogen and oxygen atoms in total. The van der Waals surface area contributed by atoms with Gasteiger partial charge in [-0.2, -0.15) is 10.2 Å². The van der Waals surface area contributed by atoms with Crippen molar-refractivity contribution in [3.8, 4) is 11.4 Å². The molecule has 2 aromatic heterocycles. The highest BCUT2D eigenvalue weighted by atomic mass is 35.5. The Hall–Kier alpha value is -8.02. The quantitative estimate of drug-likeness (QED) is 0.0459. The minimum absolute atomic E-state index is 0. The van der Waals surface area contributed by atoms with Gasteiger partial charge in [-0.05, 0) is 193 Å². The van der Waals surface area contributed by atoms with Gasteiger partial charge in [0.2, 0.25) is 0 Å². The van der Waals surface area contributed by atoms with Crippen LogP contribution in [0.1, 0.15) is 135 Å². The van der Waals surface area contributed by atoms with Gasteiger partial charge in [0, 0.05) is 13.1 Å². The lowest BCUT2D eigenvalue weighted by Crippen LogP contribution is -2.32. The molecule has 82 heavy (non-hydrogen) atoms. The molecule has 2 unspecified atom stereocenters. The molecule has 2 saturated carbocycles. The molecule has 2 fully saturated rings. The Labute approximate surface area is 485 Å². The van der Waals surface area contributed by atoms with Crippen molar-refractivity contribution >= 4 is 41.7 Å². The van der Waals surface area contributed by atoms with Crippen molar-refractivity contribution < 1.29 is 27.9 Å². The summed E-state index contributed by atoms with van der Waals surface area (Å²) < 4.78 is 38.5. The Bertz CT molecular complexity index is 3550. The van der Waals surface area contributed by atoms with Crippen molar-refractivity contribution in [1.82, 2.24) is 35.5 Å². The Morgan fingerprint density at radius 1 is 0.585 bits per heavy atom. The van der Waals surface area contributed by atoms with Crippen LogP contribution < -0.4 is 32.3 Å². The average Bonchev–Trinajstić information content (AvgIpc) is 4.42. The molecule has 3 amide bonds.